The molecule has 4 nitrogen and oxygen atoms in total. The molecule has 1 unspecified atom stereocenters. The van der Waals surface area contributed by atoms with Crippen LogP contribution in [0.15, 0.2) is 24.3 Å². The second kappa shape index (κ2) is 7.62. The van der Waals surface area contributed by atoms with E-state index in [0.29, 0.717) is 19.8 Å². The highest BCUT2D eigenvalue weighted by molar-refractivity contribution is 5.82. The van der Waals surface area contributed by atoms with E-state index in [-0.39, 0.29) is 23.2 Å². The summed E-state index contributed by atoms with van der Waals surface area (Å²) >= 11 is 0. The molecule has 132 valence electrons. The van der Waals surface area contributed by atoms with Crippen molar-refractivity contribution in [2.45, 2.75) is 38.6 Å². The molecule has 24 heavy (non-hydrogen) atoms. The molecule has 0 radical (unpaired) electrons. The van der Waals surface area contributed by atoms with Crippen molar-refractivity contribution in [1.29, 1.82) is 0 Å². The number of amides is 1. The maximum atomic E-state index is 13.7. The SMILES string of the molecule is CC1(C(=O)NCC(c2cccc(F)c2)N2CCOCC2)CCCC1. The lowest BCUT2D eigenvalue weighted by Crippen LogP contribution is -2.46. The van der Waals surface area contributed by atoms with Crippen LogP contribution < -0.4 is 5.32 Å². The lowest BCUT2D eigenvalue weighted by atomic mass is 9.87. The smallest absolute Gasteiger partial charge is 0.226 e. The maximum Gasteiger partial charge on any atom is 0.226 e. The Bertz CT molecular complexity index is 566. The third-order valence-electron chi connectivity index (χ3n) is 5.43. The monoisotopic (exact) mass is 334 g/mol. The minimum atomic E-state index is -0.239. The number of ether oxygens (including phenoxy) is 1. The molecule has 1 N–H and O–H groups in total. The molecule has 1 heterocycles. The zero-order valence-electron chi connectivity index (χ0n) is 14.4. The highest BCUT2D eigenvalue weighted by atomic mass is 19.1. The van der Waals surface area contributed by atoms with Crippen LogP contribution in [0.5, 0.6) is 0 Å². The molecule has 1 saturated heterocycles. The van der Waals surface area contributed by atoms with Gasteiger partial charge >= 0.3 is 0 Å². The summed E-state index contributed by atoms with van der Waals surface area (Å²) in [5, 5.41) is 3.14. The van der Waals surface area contributed by atoms with Crippen LogP contribution in [0.25, 0.3) is 0 Å². The van der Waals surface area contributed by atoms with E-state index in [4.69, 9.17) is 4.74 Å². The van der Waals surface area contributed by atoms with Gasteiger partial charge in [-0.25, -0.2) is 4.39 Å². The van der Waals surface area contributed by atoms with Gasteiger partial charge in [-0.3, -0.25) is 9.69 Å². The maximum absolute atomic E-state index is 13.7. The van der Waals surface area contributed by atoms with Crippen LogP contribution in [0, 0.1) is 11.2 Å². The Morgan fingerprint density at radius 2 is 2.04 bits per heavy atom. The van der Waals surface area contributed by atoms with Crippen LogP contribution >= 0.6 is 0 Å². The summed E-state index contributed by atoms with van der Waals surface area (Å²) in [6, 6.07) is 6.69. The van der Waals surface area contributed by atoms with Crippen molar-refractivity contribution >= 4 is 5.91 Å². The van der Waals surface area contributed by atoms with Crippen LogP contribution in [0.1, 0.15) is 44.2 Å². The fraction of sp³-hybridized carbons (Fsp3) is 0.632. The van der Waals surface area contributed by atoms with Crippen molar-refractivity contribution in [3.8, 4) is 0 Å². The Labute approximate surface area is 143 Å². The van der Waals surface area contributed by atoms with Gasteiger partial charge in [0.25, 0.3) is 0 Å². The van der Waals surface area contributed by atoms with Crippen molar-refractivity contribution in [3.05, 3.63) is 35.6 Å². The fourth-order valence-corrected chi connectivity index (χ4v) is 3.85. The summed E-state index contributed by atoms with van der Waals surface area (Å²) in [7, 11) is 0. The lowest BCUT2D eigenvalue weighted by Gasteiger charge is -2.35. The first-order valence-electron chi connectivity index (χ1n) is 8.94. The van der Waals surface area contributed by atoms with Gasteiger partial charge in [0, 0.05) is 25.0 Å². The Balaban J connectivity index is 1.71. The van der Waals surface area contributed by atoms with E-state index in [9.17, 15) is 9.18 Å². The highest BCUT2D eigenvalue weighted by Crippen LogP contribution is 2.37. The van der Waals surface area contributed by atoms with Gasteiger partial charge in [-0.2, -0.15) is 0 Å². The first-order chi connectivity index (χ1) is 11.6. The van der Waals surface area contributed by atoms with Gasteiger partial charge in [-0.15, -0.1) is 0 Å². The molecule has 3 rings (SSSR count). The number of morpholine rings is 1. The number of nitrogens with zero attached hydrogens (tertiary/aromatic N) is 1. The molecular weight excluding hydrogens is 307 g/mol. The lowest BCUT2D eigenvalue weighted by molar-refractivity contribution is -0.130. The second-order valence-corrected chi connectivity index (χ2v) is 7.20. The number of nitrogens with one attached hydrogen (secondary N) is 1. The van der Waals surface area contributed by atoms with Crippen molar-refractivity contribution in [3.63, 3.8) is 0 Å². The number of rotatable bonds is 5. The quantitative estimate of drug-likeness (QED) is 0.900. The number of hydrogen-bond donors (Lipinski definition) is 1. The standard InChI is InChI=1S/C19H27FN2O2/c1-19(7-2-3-8-19)18(23)21-14-17(22-9-11-24-12-10-22)15-5-4-6-16(20)13-15/h4-6,13,17H,2-3,7-12,14H2,1H3,(H,21,23). The number of benzene rings is 1. The Morgan fingerprint density at radius 1 is 1.33 bits per heavy atom. The van der Waals surface area contributed by atoms with E-state index in [1.807, 2.05) is 6.07 Å². The highest BCUT2D eigenvalue weighted by Gasteiger charge is 2.36. The molecule has 0 bridgehead atoms. The van der Waals surface area contributed by atoms with Gasteiger partial charge in [0.1, 0.15) is 5.82 Å². The third kappa shape index (κ3) is 3.95. The number of hydrogen-bond acceptors (Lipinski definition) is 3. The Hall–Kier alpha value is -1.46. The minimum absolute atomic E-state index is 0.0152. The Morgan fingerprint density at radius 3 is 2.71 bits per heavy atom. The number of halogens is 1. The minimum Gasteiger partial charge on any atom is -0.379 e. The molecule has 1 aromatic rings. The molecule has 2 aliphatic rings. The van der Waals surface area contributed by atoms with Gasteiger partial charge in [0.15, 0.2) is 0 Å². The third-order valence-corrected chi connectivity index (χ3v) is 5.43. The normalized spacial score (nSPS) is 22.2. The molecular formula is C19H27FN2O2. The molecule has 1 amide bonds. The van der Waals surface area contributed by atoms with Crippen LogP contribution in [0.3, 0.4) is 0 Å². The second-order valence-electron chi connectivity index (χ2n) is 7.20. The largest absolute Gasteiger partial charge is 0.379 e. The molecule has 2 fully saturated rings. The number of carbonyl (C=O) groups is 1. The average Bonchev–Trinajstić information content (AvgIpc) is 3.04. The molecule has 0 aromatic heterocycles. The van der Waals surface area contributed by atoms with Crippen molar-refractivity contribution in [1.82, 2.24) is 10.2 Å². The van der Waals surface area contributed by atoms with E-state index < -0.39 is 0 Å². The summed E-state index contributed by atoms with van der Waals surface area (Å²) in [5.41, 5.74) is 0.672. The van der Waals surface area contributed by atoms with Crippen molar-refractivity contribution < 1.29 is 13.9 Å². The zero-order valence-corrected chi connectivity index (χ0v) is 14.4. The van der Waals surface area contributed by atoms with Gasteiger partial charge in [0.05, 0.1) is 19.3 Å². The Kier molecular flexibility index (Phi) is 5.51. The van der Waals surface area contributed by atoms with E-state index in [1.54, 1.807) is 12.1 Å². The summed E-state index contributed by atoms with van der Waals surface area (Å²) in [5.74, 6) is -0.102. The first-order valence-corrected chi connectivity index (χ1v) is 8.94. The average molecular weight is 334 g/mol. The van der Waals surface area contributed by atoms with Crippen LogP contribution in [-0.2, 0) is 9.53 Å². The molecule has 0 spiro atoms. The summed E-state index contributed by atoms with van der Waals surface area (Å²) in [6.45, 7) is 5.52. The molecule has 1 atom stereocenters. The molecule has 1 aliphatic heterocycles. The van der Waals surface area contributed by atoms with Gasteiger partial charge in [0.2, 0.25) is 5.91 Å². The van der Waals surface area contributed by atoms with E-state index in [2.05, 4.69) is 17.1 Å². The van der Waals surface area contributed by atoms with E-state index >= 15 is 0 Å². The molecule has 1 aromatic carbocycles. The number of carbonyl (C=O) groups excluding carboxylic acids is 1. The molecule has 5 heteroatoms. The van der Waals surface area contributed by atoms with Gasteiger partial charge in [-0.05, 0) is 30.5 Å². The molecule has 1 aliphatic carbocycles. The predicted molar refractivity (Wildman–Crippen MR) is 91.1 cm³/mol. The topological polar surface area (TPSA) is 41.6 Å². The van der Waals surface area contributed by atoms with E-state index in [1.165, 1.54) is 6.07 Å². The van der Waals surface area contributed by atoms with Crippen molar-refractivity contribution in [2.24, 2.45) is 5.41 Å². The summed E-state index contributed by atoms with van der Waals surface area (Å²) in [4.78, 5) is 14.9. The van der Waals surface area contributed by atoms with Crippen molar-refractivity contribution in [2.75, 3.05) is 32.8 Å². The zero-order chi connectivity index (χ0) is 17.0. The summed E-state index contributed by atoms with van der Waals surface area (Å²) < 4.78 is 19.1. The van der Waals surface area contributed by atoms with Gasteiger partial charge < -0.3 is 10.1 Å². The first kappa shape index (κ1) is 17.4. The van der Waals surface area contributed by atoms with Crippen LogP contribution in [0.4, 0.5) is 4.39 Å². The van der Waals surface area contributed by atoms with Crippen LogP contribution in [0.2, 0.25) is 0 Å². The fourth-order valence-electron chi connectivity index (χ4n) is 3.85. The van der Waals surface area contributed by atoms with E-state index in [0.717, 1.165) is 44.3 Å². The molecule has 1 saturated carbocycles. The van der Waals surface area contributed by atoms with Crippen LogP contribution in [-0.4, -0.2) is 43.7 Å². The predicted octanol–water partition coefficient (Wildman–Crippen LogP) is 2.90. The summed E-state index contributed by atoms with van der Waals surface area (Å²) in [6.07, 6.45) is 4.17. The van der Waals surface area contributed by atoms with Gasteiger partial charge in [-0.1, -0.05) is 31.9 Å².